The third-order valence-electron chi connectivity index (χ3n) is 15.8. The highest BCUT2D eigenvalue weighted by molar-refractivity contribution is 7.83. The van der Waals surface area contributed by atoms with Gasteiger partial charge >= 0.3 is 115 Å². The van der Waals surface area contributed by atoms with Crippen molar-refractivity contribution in [2.24, 2.45) is 0 Å². The van der Waals surface area contributed by atoms with Gasteiger partial charge in [-0.3, -0.25) is 0 Å². The zero-order chi connectivity index (χ0) is 90.9. The van der Waals surface area contributed by atoms with Crippen LogP contribution in [0.25, 0.3) is 0 Å². The zero-order valence-electron chi connectivity index (χ0n) is 65.5. The number of carbonyl (C=O) groups is 7. The van der Waals surface area contributed by atoms with E-state index in [0.29, 0.717) is 22.8 Å². The number of benzene rings is 7. The third kappa shape index (κ3) is 34.1. The first-order valence-corrected chi connectivity index (χ1v) is 45.0. The van der Waals surface area contributed by atoms with Crippen LogP contribution in [0.1, 0.15) is 72.7 Å². The maximum atomic E-state index is 12.6. The Labute approximate surface area is 710 Å². The number of para-hydroxylation sites is 2. The van der Waals surface area contributed by atoms with Gasteiger partial charge in [-0.25, -0.2) is 96.5 Å². The molecule has 0 bridgehead atoms. The van der Waals surface area contributed by atoms with Crippen LogP contribution in [0.5, 0.6) is 17.2 Å². The van der Waals surface area contributed by atoms with Crippen molar-refractivity contribution in [2.75, 3.05) is 46.2 Å². The van der Waals surface area contributed by atoms with Crippen molar-refractivity contribution in [3.8, 4) is 17.2 Å². The highest BCUT2D eigenvalue weighted by Crippen LogP contribution is 2.27. The number of esters is 7. The molecule has 124 heavy (non-hydrogen) atoms. The van der Waals surface area contributed by atoms with E-state index in [4.69, 9.17) is 33.2 Å². The van der Waals surface area contributed by atoms with Gasteiger partial charge in [0.2, 0.25) is 42.7 Å². The van der Waals surface area contributed by atoms with Gasteiger partial charge in [0.1, 0.15) is 95.2 Å². The largest absolute Gasteiger partial charge is 0.459 e. The molecule has 0 aromatic heterocycles. The Kier molecular flexibility index (Phi) is 35.7. The van der Waals surface area contributed by atoms with Crippen LogP contribution < -0.4 is 14.2 Å². The predicted molar refractivity (Wildman–Crippen MR) is 412 cm³/mol. The van der Waals surface area contributed by atoms with E-state index in [1.807, 2.05) is 67.6 Å². The molecule has 7 heterocycles. The average Bonchev–Trinajstić information content (AvgIpc) is 1.58. The molecule has 0 aliphatic carbocycles. The summed E-state index contributed by atoms with van der Waals surface area (Å²) < 4.78 is 259. The van der Waals surface area contributed by atoms with E-state index in [2.05, 4.69) is 79.3 Å². The number of hydrogen-bond acceptors (Lipinski definition) is 42. The molecule has 7 aromatic rings. The SMILES string of the molecule is CC(C)(C)c1ccc(COC(=O)C2COS(=O)(=O)O2)cc1.CC(OC(=O)C1COS(=O)(=O)O1)c1ccccc1.Cc1ccc(OC(=O)C2COS(=O)(=O)O2)cc1.Cc1ccccc1OC(=O)C1COS(=O)(=O)O1.O=C(OCc1ccc(F)cc1)C1COS(=O)(=O)O1.O=C(OCc1ccccc1)C1COS(=O)(=O)O1.O=C(Oc1ccccc1)C1COS(=O)(=O)O1. The van der Waals surface area contributed by atoms with E-state index in [0.717, 1.165) is 27.8 Å². The third-order valence-corrected chi connectivity index (χ3v) is 22.1. The van der Waals surface area contributed by atoms with Crippen molar-refractivity contribution in [2.45, 2.75) is 116 Å². The zero-order valence-corrected chi connectivity index (χ0v) is 71.2. The van der Waals surface area contributed by atoms with Crippen LogP contribution in [0.2, 0.25) is 0 Å². The first kappa shape index (κ1) is 99.3. The summed E-state index contributed by atoms with van der Waals surface area (Å²) in [6, 6.07) is 53.1. The minimum atomic E-state index is -4.08. The Balaban J connectivity index is 0.000000180. The fraction of sp³-hybridized carbons (Fsp3) is 0.338. The summed E-state index contributed by atoms with van der Waals surface area (Å²) in [4.78, 5) is 80.6. The van der Waals surface area contributed by atoms with Crippen molar-refractivity contribution >= 4 is 115 Å². The fourth-order valence-corrected chi connectivity index (χ4v) is 14.8. The monoisotopic (exact) mass is 1880 g/mol. The second-order valence-corrected chi connectivity index (χ2v) is 35.2. The van der Waals surface area contributed by atoms with Gasteiger partial charge in [-0.1, -0.05) is 172 Å². The number of hydrogen-bond donors (Lipinski definition) is 0. The van der Waals surface area contributed by atoms with Gasteiger partial charge in [0.25, 0.3) is 0 Å². The van der Waals surface area contributed by atoms with E-state index in [1.165, 1.54) is 29.8 Å². The highest BCUT2D eigenvalue weighted by Gasteiger charge is 2.43. The van der Waals surface area contributed by atoms with Gasteiger partial charge in [0, 0.05) is 0 Å². The molecule has 0 saturated carbocycles. The van der Waals surface area contributed by atoms with Crippen LogP contribution in [0.4, 0.5) is 4.39 Å². The summed E-state index contributed by atoms with van der Waals surface area (Å²) in [5, 5.41) is 0. The molecule has 7 aliphatic heterocycles. The van der Waals surface area contributed by atoms with Crippen LogP contribution in [-0.4, -0.2) is 190 Å². The van der Waals surface area contributed by atoms with Crippen molar-refractivity contribution in [3.05, 3.63) is 233 Å². The minimum absolute atomic E-state index is 0.0542. The van der Waals surface area contributed by atoms with Crippen LogP contribution in [0.3, 0.4) is 0 Å². The number of ether oxygens (including phenoxy) is 7. The van der Waals surface area contributed by atoms with E-state index in [-0.39, 0.29) is 64.9 Å². The lowest BCUT2D eigenvalue weighted by Crippen LogP contribution is -2.28. The standard InChI is InChI=1S/C14H18O6S.C11H12O6S.C10H9FO6S.3C10H10O6S.C9H8O6S/c1-14(2,3)11-6-4-10(5-7-11)8-18-13(15)12-9-19-21(16,17)20-12;1-8(9-5-3-2-4-6-9)16-11(12)10-7-15-18(13,14)17-10;11-8-3-1-7(2-4-8)5-15-10(12)9-6-16-18(13,14)17-9;1-7-2-4-8(5-3-7)15-10(11)9-6-14-17(12,13)16-9;1-7-4-2-3-5-8(7)15-10(11)9-6-14-17(12,13)16-9;11-10(9-7-15-17(12,13)16-9)14-6-8-4-2-1-3-5-8;10-9(8-6-13-16(11,12)15-8)14-7-4-2-1-3-5-7/h4-7,12H,8-9H2,1-3H3;2-6,8,10H,7H2,1H3;1-4,9H,5-6H2;2*2-5,9H,6H2,1H3;1-5,9H,6-7H2;1-5,8H,6H2. The summed E-state index contributed by atoms with van der Waals surface area (Å²) in [5.74, 6) is -4.88. The topological polar surface area (TPSA) is 552 Å². The Hall–Kier alpha value is -10.2. The molecular formula is C74H77FO42S7. The summed E-state index contributed by atoms with van der Waals surface area (Å²) in [7, 11) is -28.3. The molecule has 50 heteroatoms. The average molecular weight is 1880 g/mol. The second kappa shape index (κ2) is 44.6. The molecular weight excluding hydrogens is 1800 g/mol. The molecule has 7 fully saturated rings. The number of aryl methyl sites for hydroxylation is 2. The first-order valence-electron chi connectivity index (χ1n) is 35.7. The van der Waals surface area contributed by atoms with Gasteiger partial charge in [-0.15, -0.1) is 0 Å². The lowest BCUT2D eigenvalue weighted by Gasteiger charge is -2.19. The minimum Gasteiger partial charge on any atom is -0.459 e. The molecule has 8 atom stereocenters. The van der Waals surface area contributed by atoms with E-state index >= 15 is 0 Å². The van der Waals surface area contributed by atoms with Gasteiger partial charge in [0.05, 0.1) is 0 Å². The van der Waals surface area contributed by atoms with E-state index in [1.54, 1.807) is 117 Å². The lowest BCUT2D eigenvalue weighted by atomic mass is 9.87. The molecule has 0 spiro atoms. The summed E-state index contributed by atoms with van der Waals surface area (Å²) in [5.41, 5.74) is 6.03. The second-order valence-electron chi connectivity index (χ2n) is 26.5. The summed E-state index contributed by atoms with van der Waals surface area (Å²) in [6.45, 7) is 9.23. The van der Waals surface area contributed by atoms with Gasteiger partial charge in [0.15, 0.2) is 0 Å². The number of carbonyl (C=O) groups excluding carboxylic acids is 7. The highest BCUT2D eigenvalue weighted by atomic mass is 32.3. The van der Waals surface area contributed by atoms with E-state index in [9.17, 15) is 96.9 Å². The maximum Gasteiger partial charge on any atom is 0.400 e. The smallest absolute Gasteiger partial charge is 0.400 e. The Morgan fingerprint density at radius 3 is 0.952 bits per heavy atom. The quantitative estimate of drug-likeness (QED) is 0.0624. The van der Waals surface area contributed by atoms with Crippen LogP contribution in [0.15, 0.2) is 188 Å². The predicted octanol–water partition coefficient (Wildman–Crippen LogP) is 4.93. The van der Waals surface area contributed by atoms with Crippen LogP contribution >= 0.6 is 0 Å². The molecule has 8 unspecified atom stereocenters. The molecule has 0 amide bonds. The number of rotatable bonds is 18. The van der Waals surface area contributed by atoms with E-state index < -0.39 is 176 Å². The van der Waals surface area contributed by atoms with Gasteiger partial charge in [-0.05, 0) is 102 Å². The van der Waals surface area contributed by atoms with Crippen molar-refractivity contribution in [3.63, 3.8) is 0 Å². The summed E-state index contributed by atoms with van der Waals surface area (Å²) in [6.07, 6.45) is -9.11. The Bertz CT molecular complexity index is 5680. The van der Waals surface area contributed by atoms with Crippen LogP contribution in [-0.2, 0) is 209 Å². The molecule has 0 radical (unpaired) electrons. The maximum absolute atomic E-state index is 12.6. The Morgan fingerprint density at radius 2 is 0.621 bits per heavy atom. The summed E-state index contributed by atoms with van der Waals surface area (Å²) >= 11 is 0. The van der Waals surface area contributed by atoms with Crippen LogP contribution in [0, 0.1) is 19.7 Å². The van der Waals surface area contributed by atoms with Gasteiger partial charge < -0.3 is 33.2 Å². The lowest BCUT2D eigenvalue weighted by molar-refractivity contribution is -0.156. The molecule has 42 nitrogen and oxygen atoms in total. The molecule has 7 aliphatic rings. The first-order chi connectivity index (χ1) is 58.2. The number of halogens is 1. The molecule has 7 saturated heterocycles. The molecule has 14 rings (SSSR count). The molecule has 674 valence electrons. The molecule has 0 N–H and O–H groups in total. The molecule has 7 aromatic carbocycles. The van der Waals surface area contributed by atoms with Crippen molar-refractivity contribution < 1.29 is 189 Å². The van der Waals surface area contributed by atoms with Crippen molar-refractivity contribution in [1.29, 1.82) is 0 Å². The Morgan fingerprint density at radius 1 is 0.339 bits per heavy atom. The normalized spacial score (nSPS) is 22.3. The van der Waals surface area contributed by atoms with Crippen molar-refractivity contribution in [1.82, 2.24) is 0 Å². The fourth-order valence-electron chi connectivity index (χ4n) is 9.50. The van der Waals surface area contributed by atoms with Gasteiger partial charge in [-0.2, -0.15) is 58.9 Å².